The number of nitrogens with one attached hydrogen (secondary N) is 1. The maximum Gasteiger partial charge on any atom is 0.220 e. The van der Waals surface area contributed by atoms with E-state index in [2.05, 4.69) is 34.5 Å². The topological polar surface area (TPSA) is 58.6 Å². The Labute approximate surface area is 179 Å². The van der Waals surface area contributed by atoms with Crippen LogP contribution < -0.4 is 10.1 Å². The number of rotatable bonds is 10. The van der Waals surface area contributed by atoms with Crippen LogP contribution in [0, 0.1) is 0 Å². The van der Waals surface area contributed by atoms with Crippen molar-refractivity contribution < 1.29 is 14.3 Å². The van der Waals surface area contributed by atoms with Crippen molar-refractivity contribution >= 4 is 11.7 Å². The molecule has 0 radical (unpaired) electrons. The number of likely N-dealkylation sites (tertiary alicyclic amines) is 1. The average Bonchev–Trinajstić information content (AvgIpc) is 2.78. The molecule has 0 aliphatic carbocycles. The van der Waals surface area contributed by atoms with Crippen LogP contribution in [0.2, 0.25) is 0 Å². The number of benzene rings is 2. The van der Waals surface area contributed by atoms with E-state index in [1.54, 1.807) is 31.4 Å². The highest BCUT2D eigenvalue weighted by Crippen LogP contribution is 2.15. The summed E-state index contributed by atoms with van der Waals surface area (Å²) in [6, 6.07) is 17.8. The Hall–Kier alpha value is -2.66. The van der Waals surface area contributed by atoms with Gasteiger partial charge in [0.2, 0.25) is 5.91 Å². The van der Waals surface area contributed by atoms with Gasteiger partial charge in [0.05, 0.1) is 7.11 Å². The summed E-state index contributed by atoms with van der Waals surface area (Å²) in [5, 5.41) is 3.13. The fraction of sp³-hybridized carbons (Fsp3) is 0.440. The van der Waals surface area contributed by atoms with Crippen molar-refractivity contribution in [3.63, 3.8) is 0 Å². The normalized spacial score (nSPS) is 16.8. The Balaban J connectivity index is 1.36. The fourth-order valence-corrected chi connectivity index (χ4v) is 3.98. The lowest BCUT2D eigenvalue weighted by atomic mass is 10.0. The number of aryl methyl sites for hydroxylation is 1. The van der Waals surface area contributed by atoms with E-state index in [1.165, 1.54) is 5.56 Å². The first-order valence-electron chi connectivity index (χ1n) is 10.9. The summed E-state index contributed by atoms with van der Waals surface area (Å²) in [4.78, 5) is 27.1. The Morgan fingerprint density at radius 3 is 2.57 bits per heavy atom. The number of ether oxygens (including phenoxy) is 1. The SMILES string of the molecule is COc1ccc(C(=O)CCC(=O)NC2CCCN(CCCc3ccccc3)C2)cc1. The van der Waals surface area contributed by atoms with Gasteiger partial charge >= 0.3 is 0 Å². The molecule has 1 aliphatic heterocycles. The molecule has 0 aromatic heterocycles. The van der Waals surface area contributed by atoms with Gasteiger partial charge in [-0.25, -0.2) is 0 Å². The van der Waals surface area contributed by atoms with Gasteiger partial charge in [-0.3, -0.25) is 9.59 Å². The predicted octanol–water partition coefficient (Wildman–Crippen LogP) is 3.87. The molecule has 1 atom stereocenters. The largest absolute Gasteiger partial charge is 0.497 e. The molecular weight excluding hydrogens is 376 g/mol. The third kappa shape index (κ3) is 6.99. The van der Waals surface area contributed by atoms with Gasteiger partial charge in [0.25, 0.3) is 0 Å². The summed E-state index contributed by atoms with van der Waals surface area (Å²) in [6.45, 7) is 3.04. The van der Waals surface area contributed by atoms with E-state index in [0.717, 1.165) is 51.1 Å². The number of Topliss-reactive ketones (excluding diaryl/α,β-unsaturated/α-hetero) is 1. The van der Waals surface area contributed by atoms with Crippen LogP contribution in [0.4, 0.5) is 0 Å². The van der Waals surface area contributed by atoms with E-state index in [1.807, 2.05) is 6.07 Å². The molecule has 2 aromatic carbocycles. The maximum absolute atomic E-state index is 12.4. The zero-order chi connectivity index (χ0) is 21.2. The van der Waals surface area contributed by atoms with Crippen molar-refractivity contribution in [1.29, 1.82) is 0 Å². The molecule has 1 fully saturated rings. The van der Waals surface area contributed by atoms with Crippen LogP contribution in [0.3, 0.4) is 0 Å². The van der Waals surface area contributed by atoms with E-state index in [-0.39, 0.29) is 30.6 Å². The number of hydrogen-bond acceptors (Lipinski definition) is 4. The van der Waals surface area contributed by atoms with Gasteiger partial charge in [-0.1, -0.05) is 30.3 Å². The minimum atomic E-state index is -0.0343. The number of amides is 1. The molecule has 0 saturated carbocycles. The van der Waals surface area contributed by atoms with Crippen LogP contribution in [0.5, 0.6) is 5.75 Å². The van der Waals surface area contributed by atoms with Crippen LogP contribution in [-0.4, -0.2) is 49.4 Å². The van der Waals surface area contributed by atoms with E-state index >= 15 is 0 Å². The Morgan fingerprint density at radius 1 is 1.07 bits per heavy atom. The molecule has 1 amide bonds. The highest BCUT2D eigenvalue weighted by Gasteiger charge is 2.21. The number of methoxy groups -OCH3 is 1. The van der Waals surface area contributed by atoms with Gasteiger partial charge < -0.3 is 15.0 Å². The second kappa shape index (κ2) is 11.5. The van der Waals surface area contributed by atoms with Crippen molar-refractivity contribution in [2.24, 2.45) is 0 Å². The summed E-state index contributed by atoms with van der Waals surface area (Å²) < 4.78 is 5.11. The third-order valence-electron chi connectivity index (χ3n) is 5.64. The van der Waals surface area contributed by atoms with Gasteiger partial charge in [0.15, 0.2) is 5.78 Å². The van der Waals surface area contributed by atoms with E-state index in [4.69, 9.17) is 4.74 Å². The number of hydrogen-bond donors (Lipinski definition) is 1. The first-order chi connectivity index (χ1) is 14.6. The van der Waals surface area contributed by atoms with Crippen LogP contribution in [0.15, 0.2) is 54.6 Å². The lowest BCUT2D eigenvalue weighted by Gasteiger charge is -2.33. The van der Waals surface area contributed by atoms with E-state index in [0.29, 0.717) is 5.56 Å². The number of carbonyl (C=O) groups excluding carboxylic acids is 2. The van der Waals surface area contributed by atoms with Gasteiger partial charge in [-0.2, -0.15) is 0 Å². The molecule has 5 heteroatoms. The summed E-state index contributed by atoms with van der Waals surface area (Å²) in [5.41, 5.74) is 1.99. The highest BCUT2D eigenvalue weighted by molar-refractivity contribution is 5.98. The zero-order valence-electron chi connectivity index (χ0n) is 17.8. The first-order valence-corrected chi connectivity index (χ1v) is 10.9. The highest BCUT2D eigenvalue weighted by atomic mass is 16.5. The Bertz CT molecular complexity index is 805. The number of carbonyl (C=O) groups is 2. The molecule has 3 rings (SSSR count). The molecule has 1 aliphatic rings. The first kappa shape index (κ1) is 22.0. The Morgan fingerprint density at radius 2 is 1.83 bits per heavy atom. The summed E-state index contributed by atoms with van der Waals surface area (Å²) >= 11 is 0. The molecule has 5 nitrogen and oxygen atoms in total. The van der Waals surface area contributed by atoms with E-state index in [9.17, 15) is 9.59 Å². The van der Waals surface area contributed by atoms with Gasteiger partial charge in [-0.15, -0.1) is 0 Å². The maximum atomic E-state index is 12.4. The van der Waals surface area contributed by atoms with Crippen molar-refractivity contribution in [3.05, 3.63) is 65.7 Å². The fourth-order valence-electron chi connectivity index (χ4n) is 3.98. The van der Waals surface area contributed by atoms with Gasteiger partial charge in [-0.05, 0) is 68.6 Å². The second-order valence-corrected chi connectivity index (χ2v) is 7.95. The monoisotopic (exact) mass is 408 g/mol. The van der Waals surface area contributed by atoms with Crippen LogP contribution in [0.1, 0.15) is 48.0 Å². The van der Waals surface area contributed by atoms with Crippen molar-refractivity contribution in [2.45, 2.75) is 44.6 Å². The smallest absolute Gasteiger partial charge is 0.220 e. The van der Waals surface area contributed by atoms with E-state index < -0.39 is 0 Å². The van der Waals surface area contributed by atoms with Crippen LogP contribution in [-0.2, 0) is 11.2 Å². The molecule has 1 unspecified atom stereocenters. The lowest BCUT2D eigenvalue weighted by molar-refractivity contribution is -0.122. The standard InChI is InChI=1S/C25H32N2O3/c1-30-23-13-11-21(12-14-23)24(28)15-16-25(29)26-22-10-6-18-27(19-22)17-5-9-20-7-3-2-4-8-20/h2-4,7-8,11-14,22H,5-6,9-10,15-19H2,1H3,(H,26,29). The van der Waals surface area contributed by atoms with Crippen LogP contribution in [0.25, 0.3) is 0 Å². The summed E-state index contributed by atoms with van der Waals surface area (Å²) in [7, 11) is 1.59. The number of nitrogens with zero attached hydrogens (tertiary/aromatic N) is 1. The third-order valence-corrected chi connectivity index (χ3v) is 5.64. The summed E-state index contributed by atoms with van der Waals surface area (Å²) in [6.07, 6.45) is 4.78. The van der Waals surface area contributed by atoms with Gasteiger partial charge in [0.1, 0.15) is 5.75 Å². The summed E-state index contributed by atoms with van der Waals surface area (Å²) in [5.74, 6) is 0.668. The van der Waals surface area contributed by atoms with Crippen molar-refractivity contribution in [2.75, 3.05) is 26.7 Å². The van der Waals surface area contributed by atoms with Crippen molar-refractivity contribution in [1.82, 2.24) is 10.2 Å². The minimum absolute atomic E-state index is 0.0148. The number of piperidine rings is 1. The molecule has 2 aromatic rings. The number of ketones is 1. The molecule has 1 N–H and O–H groups in total. The lowest BCUT2D eigenvalue weighted by Crippen LogP contribution is -2.48. The molecule has 1 saturated heterocycles. The molecular formula is C25H32N2O3. The quantitative estimate of drug-likeness (QED) is 0.607. The zero-order valence-corrected chi connectivity index (χ0v) is 17.8. The molecule has 30 heavy (non-hydrogen) atoms. The molecule has 1 heterocycles. The minimum Gasteiger partial charge on any atom is -0.497 e. The molecule has 0 bridgehead atoms. The second-order valence-electron chi connectivity index (χ2n) is 7.95. The molecule has 160 valence electrons. The average molecular weight is 409 g/mol. The van der Waals surface area contributed by atoms with Crippen LogP contribution >= 0.6 is 0 Å². The predicted molar refractivity (Wildman–Crippen MR) is 119 cm³/mol. The van der Waals surface area contributed by atoms with Gasteiger partial charge in [0, 0.05) is 31.0 Å². The molecule has 0 spiro atoms. The van der Waals surface area contributed by atoms with Crippen molar-refractivity contribution in [3.8, 4) is 5.75 Å². The Kier molecular flexibility index (Phi) is 8.45.